The van der Waals surface area contributed by atoms with Gasteiger partial charge in [0.05, 0.1) is 38.1 Å². The molecule has 2 heterocycles. The summed E-state index contributed by atoms with van der Waals surface area (Å²) in [6.07, 6.45) is 0. The number of anilines is 1. The van der Waals surface area contributed by atoms with Gasteiger partial charge in [0.2, 0.25) is 17.5 Å². The number of ether oxygens (including phenoxy) is 3. The molecular formula is C27H25N5O5S. The molecule has 0 aliphatic heterocycles. The predicted molar refractivity (Wildman–Crippen MR) is 145 cm³/mol. The second-order valence-corrected chi connectivity index (χ2v) is 9.23. The standard InChI is InChI=1S/C27H25N5O5S/c1-15-5-10-19-20(11-15)30-25(29-19)16-6-8-17(9-7-16)26-31-32-27(37-26)38-14-23(33)28-18-12-21(34-2)24(36-4)22(13-18)35-3/h5-13H,14H2,1-4H3,(H,28,33)(H,29,30). The van der Waals surface area contributed by atoms with Gasteiger partial charge in [-0.15, -0.1) is 10.2 Å². The minimum Gasteiger partial charge on any atom is -0.493 e. The summed E-state index contributed by atoms with van der Waals surface area (Å²) in [6.45, 7) is 2.05. The molecule has 11 heteroatoms. The van der Waals surface area contributed by atoms with Crippen LogP contribution in [0.1, 0.15) is 5.56 Å². The van der Waals surface area contributed by atoms with Crippen LogP contribution in [0, 0.1) is 6.92 Å². The third-order valence-corrected chi connectivity index (χ3v) is 6.54. The van der Waals surface area contributed by atoms with E-state index in [9.17, 15) is 4.79 Å². The summed E-state index contributed by atoms with van der Waals surface area (Å²) >= 11 is 1.14. The molecule has 1 amide bonds. The van der Waals surface area contributed by atoms with Crippen LogP contribution in [0.15, 0.2) is 64.2 Å². The Labute approximate surface area is 222 Å². The number of benzene rings is 3. The van der Waals surface area contributed by atoms with Gasteiger partial charge in [-0.1, -0.05) is 30.0 Å². The fourth-order valence-electron chi connectivity index (χ4n) is 3.89. The number of imidazole rings is 1. The minimum absolute atomic E-state index is 0.0722. The Kier molecular flexibility index (Phi) is 7.18. The molecule has 0 atom stereocenters. The molecule has 0 unspecified atom stereocenters. The number of carbonyl (C=O) groups excluding carboxylic acids is 1. The fraction of sp³-hybridized carbons (Fsp3) is 0.185. The van der Waals surface area contributed by atoms with E-state index in [1.165, 1.54) is 26.9 Å². The molecule has 194 valence electrons. The fourth-order valence-corrected chi connectivity index (χ4v) is 4.46. The number of carbonyl (C=O) groups is 1. The molecule has 10 nitrogen and oxygen atoms in total. The van der Waals surface area contributed by atoms with Crippen LogP contribution in [-0.4, -0.2) is 53.2 Å². The first-order chi connectivity index (χ1) is 18.5. The molecule has 0 radical (unpaired) electrons. The summed E-state index contributed by atoms with van der Waals surface area (Å²) in [6, 6.07) is 17.1. The zero-order valence-corrected chi connectivity index (χ0v) is 22.0. The number of thioether (sulfide) groups is 1. The number of aromatic amines is 1. The molecule has 0 fully saturated rings. The monoisotopic (exact) mass is 531 g/mol. The van der Waals surface area contributed by atoms with Crippen LogP contribution in [0.2, 0.25) is 0 Å². The van der Waals surface area contributed by atoms with Crippen molar-refractivity contribution in [3.8, 4) is 40.1 Å². The summed E-state index contributed by atoms with van der Waals surface area (Å²) in [5.41, 5.74) is 5.31. The lowest BCUT2D eigenvalue weighted by molar-refractivity contribution is -0.113. The van der Waals surface area contributed by atoms with E-state index in [2.05, 4.69) is 31.5 Å². The Bertz CT molecular complexity index is 1570. The lowest BCUT2D eigenvalue weighted by Crippen LogP contribution is -2.14. The smallest absolute Gasteiger partial charge is 0.277 e. The SMILES string of the molecule is COc1cc(NC(=O)CSc2nnc(-c3ccc(-c4nc5ccc(C)cc5[nH]4)cc3)o2)cc(OC)c1OC. The van der Waals surface area contributed by atoms with Gasteiger partial charge in [0.1, 0.15) is 5.82 Å². The molecule has 5 rings (SSSR count). The zero-order chi connectivity index (χ0) is 26.6. The van der Waals surface area contributed by atoms with Crippen molar-refractivity contribution in [3.63, 3.8) is 0 Å². The normalized spacial score (nSPS) is 10.9. The maximum Gasteiger partial charge on any atom is 0.277 e. The van der Waals surface area contributed by atoms with Crippen LogP contribution in [0.5, 0.6) is 17.2 Å². The van der Waals surface area contributed by atoms with Crippen molar-refractivity contribution in [1.82, 2.24) is 20.2 Å². The second kappa shape index (κ2) is 10.9. The summed E-state index contributed by atoms with van der Waals surface area (Å²) in [4.78, 5) is 20.5. The van der Waals surface area contributed by atoms with Crippen molar-refractivity contribution < 1.29 is 23.4 Å². The average Bonchev–Trinajstić information content (AvgIpc) is 3.58. The van der Waals surface area contributed by atoms with Gasteiger partial charge in [0.25, 0.3) is 5.22 Å². The highest BCUT2D eigenvalue weighted by Gasteiger charge is 2.16. The topological polar surface area (TPSA) is 124 Å². The van der Waals surface area contributed by atoms with Gasteiger partial charge in [0, 0.05) is 28.9 Å². The van der Waals surface area contributed by atoms with E-state index >= 15 is 0 Å². The zero-order valence-electron chi connectivity index (χ0n) is 21.2. The molecule has 0 aliphatic carbocycles. The van der Waals surface area contributed by atoms with E-state index in [-0.39, 0.29) is 16.9 Å². The molecule has 2 N–H and O–H groups in total. The second-order valence-electron chi connectivity index (χ2n) is 8.31. The summed E-state index contributed by atoms with van der Waals surface area (Å²) in [5.74, 6) is 2.30. The van der Waals surface area contributed by atoms with Crippen LogP contribution in [0.25, 0.3) is 33.9 Å². The number of aromatic nitrogens is 4. The number of H-pyrrole nitrogens is 1. The number of methoxy groups -OCH3 is 3. The summed E-state index contributed by atoms with van der Waals surface area (Å²) in [5, 5.41) is 11.3. The number of fused-ring (bicyclic) bond motifs is 1. The van der Waals surface area contributed by atoms with Crippen molar-refractivity contribution in [2.75, 3.05) is 32.4 Å². The first-order valence-electron chi connectivity index (χ1n) is 11.6. The maximum atomic E-state index is 12.5. The number of aryl methyl sites for hydroxylation is 1. The number of rotatable bonds is 9. The van der Waals surface area contributed by atoms with Gasteiger partial charge in [-0.3, -0.25) is 4.79 Å². The van der Waals surface area contributed by atoms with E-state index in [0.29, 0.717) is 28.8 Å². The van der Waals surface area contributed by atoms with Gasteiger partial charge in [-0.25, -0.2) is 4.98 Å². The average molecular weight is 532 g/mol. The van der Waals surface area contributed by atoms with Crippen LogP contribution < -0.4 is 19.5 Å². The van der Waals surface area contributed by atoms with Gasteiger partial charge in [0.15, 0.2) is 11.5 Å². The molecule has 0 saturated carbocycles. The number of hydrogen-bond donors (Lipinski definition) is 2. The van der Waals surface area contributed by atoms with E-state index in [1.807, 2.05) is 43.3 Å². The van der Waals surface area contributed by atoms with Crippen molar-refractivity contribution in [1.29, 1.82) is 0 Å². The number of hydrogen-bond acceptors (Lipinski definition) is 9. The lowest BCUT2D eigenvalue weighted by Gasteiger charge is -2.14. The highest BCUT2D eigenvalue weighted by Crippen LogP contribution is 2.40. The largest absolute Gasteiger partial charge is 0.493 e. The van der Waals surface area contributed by atoms with E-state index in [4.69, 9.17) is 18.6 Å². The molecule has 38 heavy (non-hydrogen) atoms. The van der Waals surface area contributed by atoms with Gasteiger partial charge >= 0.3 is 0 Å². The minimum atomic E-state index is -0.255. The number of nitrogens with one attached hydrogen (secondary N) is 2. The molecule has 5 aromatic rings. The van der Waals surface area contributed by atoms with Crippen molar-refractivity contribution >= 4 is 34.4 Å². The van der Waals surface area contributed by atoms with Crippen LogP contribution >= 0.6 is 11.8 Å². The maximum absolute atomic E-state index is 12.5. The Morgan fingerprint density at radius 3 is 2.34 bits per heavy atom. The number of amides is 1. The molecule has 2 aromatic heterocycles. The summed E-state index contributed by atoms with van der Waals surface area (Å²) in [7, 11) is 4.54. The molecule has 0 bridgehead atoms. The van der Waals surface area contributed by atoms with E-state index < -0.39 is 0 Å². The molecular weight excluding hydrogens is 506 g/mol. The van der Waals surface area contributed by atoms with E-state index in [1.54, 1.807) is 12.1 Å². The van der Waals surface area contributed by atoms with Crippen LogP contribution in [-0.2, 0) is 4.79 Å². The molecule has 0 spiro atoms. The lowest BCUT2D eigenvalue weighted by atomic mass is 10.1. The summed E-state index contributed by atoms with van der Waals surface area (Å²) < 4.78 is 21.7. The quantitative estimate of drug-likeness (QED) is 0.242. The Hall–Kier alpha value is -4.51. The number of nitrogens with zero attached hydrogens (tertiary/aromatic N) is 3. The molecule has 0 saturated heterocycles. The highest BCUT2D eigenvalue weighted by molar-refractivity contribution is 7.99. The highest BCUT2D eigenvalue weighted by atomic mass is 32.2. The van der Waals surface area contributed by atoms with Crippen molar-refractivity contribution in [3.05, 3.63) is 60.2 Å². The van der Waals surface area contributed by atoms with Crippen LogP contribution in [0.3, 0.4) is 0 Å². The van der Waals surface area contributed by atoms with Gasteiger partial charge < -0.3 is 28.9 Å². The van der Waals surface area contributed by atoms with E-state index in [0.717, 1.165) is 39.7 Å². The Balaban J connectivity index is 1.22. The Morgan fingerprint density at radius 2 is 1.66 bits per heavy atom. The first-order valence-corrected chi connectivity index (χ1v) is 12.6. The van der Waals surface area contributed by atoms with Gasteiger partial charge in [-0.2, -0.15) is 0 Å². The third-order valence-electron chi connectivity index (χ3n) is 5.72. The molecule has 0 aliphatic rings. The van der Waals surface area contributed by atoms with Gasteiger partial charge in [-0.05, 0) is 36.8 Å². The van der Waals surface area contributed by atoms with Crippen molar-refractivity contribution in [2.24, 2.45) is 0 Å². The Morgan fingerprint density at radius 1 is 0.947 bits per heavy atom. The first kappa shape index (κ1) is 25.2. The van der Waals surface area contributed by atoms with Crippen molar-refractivity contribution in [2.45, 2.75) is 12.1 Å². The third kappa shape index (κ3) is 5.28. The predicted octanol–water partition coefficient (Wildman–Crippen LogP) is 5.34. The molecule has 3 aromatic carbocycles. The van der Waals surface area contributed by atoms with Crippen LogP contribution in [0.4, 0.5) is 5.69 Å².